The topological polar surface area (TPSA) is 46.2 Å². The van der Waals surface area contributed by atoms with Gasteiger partial charge in [-0.2, -0.15) is 0 Å². The minimum atomic E-state index is -0.0984. The molecule has 0 spiro atoms. The van der Waals surface area contributed by atoms with Crippen LogP contribution in [0.5, 0.6) is 0 Å². The van der Waals surface area contributed by atoms with Gasteiger partial charge >= 0.3 is 0 Å². The third-order valence-corrected chi connectivity index (χ3v) is 3.61. The van der Waals surface area contributed by atoms with Crippen molar-refractivity contribution in [2.45, 2.75) is 38.7 Å². The van der Waals surface area contributed by atoms with E-state index in [0.29, 0.717) is 12.5 Å². The molecule has 12 heavy (non-hydrogen) atoms. The molecule has 2 heteroatoms. The lowest BCUT2D eigenvalue weighted by molar-refractivity contribution is -0.0688. The van der Waals surface area contributed by atoms with Gasteiger partial charge in [0.2, 0.25) is 0 Å². The van der Waals surface area contributed by atoms with Crippen LogP contribution < -0.4 is 5.73 Å². The Balaban J connectivity index is 1.97. The minimum Gasteiger partial charge on any atom is -0.392 e. The van der Waals surface area contributed by atoms with Crippen molar-refractivity contribution in [3.63, 3.8) is 0 Å². The Kier molecular flexibility index (Phi) is 1.92. The smallest absolute Gasteiger partial charge is 0.0636 e. The van der Waals surface area contributed by atoms with Gasteiger partial charge in [-0.15, -0.1) is 0 Å². The minimum absolute atomic E-state index is 0.0984. The first-order chi connectivity index (χ1) is 5.68. The van der Waals surface area contributed by atoms with Crippen LogP contribution in [0.2, 0.25) is 0 Å². The molecule has 0 radical (unpaired) electrons. The molecule has 0 saturated heterocycles. The predicted molar refractivity (Wildman–Crippen MR) is 48.6 cm³/mol. The summed E-state index contributed by atoms with van der Waals surface area (Å²) < 4.78 is 0. The van der Waals surface area contributed by atoms with E-state index in [9.17, 15) is 5.11 Å². The average Bonchev–Trinajstić information content (AvgIpc) is 2.79. The van der Waals surface area contributed by atoms with Gasteiger partial charge in [0.25, 0.3) is 0 Å². The van der Waals surface area contributed by atoms with E-state index in [1.54, 1.807) is 0 Å². The van der Waals surface area contributed by atoms with Gasteiger partial charge in [0.1, 0.15) is 0 Å². The summed E-state index contributed by atoms with van der Waals surface area (Å²) in [5.74, 6) is 1.36. The zero-order valence-corrected chi connectivity index (χ0v) is 7.79. The Morgan fingerprint density at radius 1 is 1.50 bits per heavy atom. The van der Waals surface area contributed by atoms with Gasteiger partial charge in [0.15, 0.2) is 0 Å². The number of hydrogen-bond donors (Lipinski definition) is 2. The van der Waals surface area contributed by atoms with E-state index < -0.39 is 0 Å². The Hall–Kier alpha value is -0.0800. The van der Waals surface area contributed by atoms with Crippen LogP contribution in [0.4, 0.5) is 0 Å². The molecule has 2 rings (SSSR count). The summed E-state index contributed by atoms with van der Waals surface area (Å²) in [6.45, 7) is 2.92. The Labute approximate surface area is 74.1 Å². The van der Waals surface area contributed by atoms with Gasteiger partial charge in [0, 0.05) is 12.0 Å². The van der Waals surface area contributed by atoms with Gasteiger partial charge in [-0.1, -0.05) is 6.92 Å². The van der Waals surface area contributed by atoms with Gasteiger partial charge in [-0.3, -0.25) is 0 Å². The normalized spacial score (nSPS) is 43.8. The molecule has 0 aromatic rings. The average molecular weight is 169 g/mol. The van der Waals surface area contributed by atoms with Crippen LogP contribution in [-0.4, -0.2) is 17.8 Å². The van der Waals surface area contributed by atoms with Gasteiger partial charge in [-0.05, 0) is 37.5 Å². The molecule has 0 aromatic heterocycles. The van der Waals surface area contributed by atoms with E-state index >= 15 is 0 Å². The lowest BCUT2D eigenvalue weighted by Crippen LogP contribution is -2.51. The zero-order chi connectivity index (χ0) is 8.77. The summed E-state index contributed by atoms with van der Waals surface area (Å²) in [6, 6.07) is 0. The first-order valence-corrected chi connectivity index (χ1v) is 5.06. The van der Waals surface area contributed by atoms with E-state index in [1.165, 1.54) is 12.8 Å². The third kappa shape index (κ3) is 1.17. The number of rotatable bonds is 3. The van der Waals surface area contributed by atoms with Crippen molar-refractivity contribution in [1.82, 2.24) is 0 Å². The van der Waals surface area contributed by atoms with Crippen LogP contribution in [0.3, 0.4) is 0 Å². The molecule has 0 aliphatic heterocycles. The van der Waals surface area contributed by atoms with Gasteiger partial charge in [-0.25, -0.2) is 0 Å². The van der Waals surface area contributed by atoms with Crippen molar-refractivity contribution in [1.29, 1.82) is 0 Å². The standard InChI is InChI=1S/C10H19NO/c1-7-4-10(5-7,6-11)9(12)8-2-3-8/h7-9,12H,2-6,11H2,1H3/t7?,9-,10?/m0/s1. The van der Waals surface area contributed by atoms with E-state index in [1.807, 2.05) is 0 Å². The second kappa shape index (κ2) is 2.71. The fraction of sp³-hybridized carbons (Fsp3) is 1.00. The van der Waals surface area contributed by atoms with Gasteiger partial charge < -0.3 is 10.8 Å². The lowest BCUT2D eigenvalue weighted by atomic mass is 9.59. The SMILES string of the molecule is CC1CC(CN)([C@@H](O)C2CC2)C1. The molecule has 0 unspecified atom stereocenters. The summed E-state index contributed by atoms with van der Waals surface area (Å²) in [7, 11) is 0. The van der Waals surface area contributed by atoms with E-state index in [-0.39, 0.29) is 11.5 Å². The maximum Gasteiger partial charge on any atom is 0.0636 e. The molecule has 1 atom stereocenters. The molecule has 2 fully saturated rings. The van der Waals surface area contributed by atoms with Crippen molar-refractivity contribution < 1.29 is 5.11 Å². The highest BCUT2D eigenvalue weighted by atomic mass is 16.3. The number of aliphatic hydroxyl groups is 1. The van der Waals surface area contributed by atoms with Gasteiger partial charge in [0.05, 0.1) is 6.10 Å². The lowest BCUT2D eigenvalue weighted by Gasteiger charge is -2.49. The summed E-state index contributed by atoms with van der Waals surface area (Å²) in [5, 5.41) is 10.00. The quantitative estimate of drug-likeness (QED) is 0.665. The Morgan fingerprint density at radius 2 is 2.08 bits per heavy atom. The van der Waals surface area contributed by atoms with Crippen molar-refractivity contribution >= 4 is 0 Å². The Morgan fingerprint density at radius 3 is 2.42 bits per heavy atom. The highest BCUT2D eigenvalue weighted by Gasteiger charge is 2.51. The maximum atomic E-state index is 10.00. The van der Waals surface area contributed by atoms with Crippen molar-refractivity contribution in [3.05, 3.63) is 0 Å². The van der Waals surface area contributed by atoms with Crippen LogP contribution in [0.25, 0.3) is 0 Å². The number of hydrogen-bond acceptors (Lipinski definition) is 2. The largest absolute Gasteiger partial charge is 0.392 e. The fourth-order valence-electron chi connectivity index (χ4n) is 2.77. The van der Waals surface area contributed by atoms with Crippen molar-refractivity contribution in [3.8, 4) is 0 Å². The maximum absolute atomic E-state index is 10.00. The first-order valence-electron chi connectivity index (χ1n) is 5.06. The number of aliphatic hydroxyl groups excluding tert-OH is 1. The second-order valence-electron chi connectivity index (χ2n) is 4.86. The van der Waals surface area contributed by atoms with Crippen molar-refractivity contribution in [2.75, 3.05) is 6.54 Å². The predicted octanol–water partition coefficient (Wildman–Crippen LogP) is 1.13. The molecule has 2 aliphatic carbocycles. The van der Waals surface area contributed by atoms with Crippen LogP contribution in [-0.2, 0) is 0 Å². The first kappa shape index (κ1) is 8.52. The van der Waals surface area contributed by atoms with E-state index in [0.717, 1.165) is 18.8 Å². The molecular weight excluding hydrogens is 150 g/mol. The summed E-state index contributed by atoms with van der Waals surface area (Å²) in [4.78, 5) is 0. The third-order valence-electron chi connectivity index (χ3n) is 3.61. The number of nitrogens with two attached hydrogens (primary N) is 1. The van der Waals surface area contributed by atoms with Crippen molar-refractivity contribution in [2.24, 2.45) is 23.0 Å². The molecule has 0 aromatic carbocycles. The Bertz CT molecular complexity index is 171. The molecule has 0 heterocycles. The molecule has 2 saturated carbocycles. The highest BCUT2D eigenvalue weighted by molar-refractivity contribution is 5.02. The second-order valence-corrected chi connectivity index (χ2v) is 4.86. The molecule has 2 nitrogen and oxygen atoms in total. The zero-order valence-electron chi connectivity index (χ0n) is 7.79. The van der Waals surface area contributed by atoms with E-state index in [2.05, 4.69) is 6.92 Å². The van der Waals surface area contributed by atoms with Crippen LogP contribution in [0.15, 0.2) is 0 Å². The molecule has 3 N–H and O–H groups in total. The summed E-state index contributed by atoms with van der Waals surface area (Å²) in [6.07, 6.45) is 4.62. The molecule has 2 aliphatic rings. The van der Waals surface area contributed by atoms with Crippen LogP contribution in [0, 0.1) is 17.3 Å². The fourth-order valence-corrected chi connectivity index (χ4v) is 2.77. The monoisotopic (exact) mass is 169 g/mol. The molecular formula is C10H19NO. The van der Waals surface area contributed by atoms with Crippen LogP contribution >= 0.6 is 0 Å². The molecule has 0 bridgehead atoms. The van der Waals surface area contributed by atoms with Crippen LogP contribution in [0.1, 0.15) is 32.6 Å². The van der Waals surface area contributed by atoms with E-state index in [4.69, 9.17) is 5.73 Å². The molecule has 70 valence electrons. The molecule has 0 amide bonds. The summed E-state index contributed by atoms with van der Waals surface area (Å²) >= 11 is 0. The highest BCUT2D eigenvalue weighted by Crippen LogP contribution is 2.53. The summed E-state index contributed by atoms with van der Waals surface area (Å²) in [5.41, 5.74) is 5.85.